The minimum Gasteiger partial charge on any atom is -0.267 e. The van der Waals surface area contributed by atoms with Crippen LogP contribution in [0.1, 0.15) is 46.0 Å². The van der Waals surface area contributed by atoms with E-state index in [-0.39, 0.29) is 10.6 Å². The maximum absolute atomic E-state index is 12.0. The largest absolute Gasteiger partial charge is 0.271 e. The van der Waals surface area contributed by atoms with Gasteiger partial charge in [-0.3, -0.25) is 20.4 Å². The lowest BCUT2D eigenvalue weighted by Gasteiger charge is -2.10. The molecule has 0 aliphatic carbocycles. The molecule has 23 heavy (non-hydrogen) atoms. The summed E-state index contributed by atoms with van der Waals surface area (Å²) < 4.78 is 0. The van der Waals surface area contributed by atoms with Crippen molar-refractivity contribution in [2.24, 2.45) is 0 Å². The Labute approximate surface area is 144 Å². The van der Waals surface area contributed by atoms with Crippen LogP contribution < -0.4 is 10.9 Å². The normalized spacial score (nSPS) is 10.5. The van der Waals surface area contributed by atoms with E-state index in [9.17, 15) is 9.59 Å². The molecule has 0 radical (unpaired) electrons. The lowest BCUT2D eigenvalue weighted by Crippen LogP contribution is -2.41. The smallest absolute Gasteiger partial charge is 0.267 e. The first kappa shape index (κ1) is 17.3. The van der Waals surface area contributed by atoms with E-state index >= 15 is 0 Å². The molecular formula is C17H16Cl2N2O2. The first-order valence-corrected chi connectivity index (χ1v) is 7.79. The Morgan fingerprint density at radius 1 is 0.913 bits per heavy atom. The lowest BCUT2D eigenvalue weighted by atomic mass is 10.0. The van der Waals surface area contributed by atoms with E-state index in [0.29, 0.717) is 16.5 Å². The summed E-state index contributed by atoms with van der Waals surface area (Å²) in [7, 11) is 0. The van der Waals surface area contributed by atoms with Crippen LogP contribution >= 0.6 is 23.2 Å². The van der Waals surface area contributed by atoms with Gasteiger partial charge in [-0.25, -0.2) is 0 Å². The van der Waals surface area contributed by atoms with Crippen molar-refractivity contribution in [1.29, 1.82) is 0 Å². The average molecular weight is 351 g/mol. The van der Waals surface area contributed by atoms with Crippen molar-refractivity contribution in [2.45, 2.75) is 19.8 Å². The number of carbonyl (C=O) groups is 2. The molecule has 6 heteroatoms. The fourth-order valence-electron chi connectivity index (χ4n) is 1.95. The maximum Gasteiger partial charge on any atom is 0.271 e. The van der Waals surface area contributed by atoms with Gasteiger partial charge in [-0.15, -0.1) is 0 Å². The number of halogens is 2. The molecule has 0 spiro atoms. The Kier molecular flexibility index (Phi) is 5.64. The monoisotopic (exact) mass is 350 g/mol. The van der Waals surface area contributed by atoms with E-state index in [0.717, 1.165) is 5.56 Å². The summed E-state index contributed by atoms with van der Waals surface area (Å²) in [5.74, 6) is -0.531. The van der Waals surface area contributed by atoms with E-state index in [4.69, 9.17) is 23.2 Å². The minimum atomic E-state index is -0.515. The molecule has 0 saturated heterocycles. The summed E-state index contributed by atoms with van der Waals surface area (Å²) in [6.07, 6.45) is 0. The van der Waals surface area contributed by atoms with E-state index in [1.54, 1.807) is 18.2 Å². The van der Waals surface area contributed by atoms with Crippen molar-refractivity contribution in [2.75, 3.05) is 0 Å². The quantitative estimate of drug-likeness (QED) is 0.815. The number of rotatable bonds is 3. The van der Waals surface area contributed by atoms with E-state index < -0.39 is 11.8 Å². The van der Waals surface area contributed by atoms with Gasteiger partial charge in [0.15, 0.2) is 0 Å². The highest BCUT2D eigenvalue weighted by molar-refractivity contribution is 6.36. The van der Waals surface area contributed by atoms with Crippen LogP contribution in [-0.2, 0) is 0 Å². The van der Waals surface area contributed by atoms with Gasteiger partial charge < -0.3 is 0 Å². The predicted molar refractivity (Wildman–Crippen MR) is 91.9 cm³/mol. The fourth-order valence-corrected chi connectivity index (χ4v) is 2.44. The number of hydrogen-bond acceptors (Lipinski definition) is 2. The molecule has 2 aromatic carbocycles. The summed E-state index contributed by atoms with van der Waals surface area (Å²) >= 11 is 11.7. The molecule has 0 aliphatic heterocycles. The Bertz CT molecular complexity index is 728. The van der Waals surface area contributed by atoms with Crippen LogP contribution in [0.5, 0.6) is 0 Å². The Hall–Kier alpha value is -2.04. The minimum absolute atomic E-state index is 0.213. The second-order valence-corrected chi connectivity index (χ2v) is 6.15. The number of benzene rings is 2. The van der Waals surface area contributed by atoms with Gasteiger partial charge in [0.1, 0.15) is 0 Å². The summed E-state index contributed by atoms with van der Waals surface area (Å²) in [5, 5.41) is 0.645. The first-order chi connectivity index (χ1) is 10.9. The van der Waals surface area contributed by atoms with Crippen LogP contribution in [0.4, 0.5) is 0 Å². The summed E-state index contributed by atoms with van der Waals surface area (Å²) in [4.78, 5) is 24.0. The van der Waals surface area contributed by atoms with Crippen LogP contribution in [0.25, 0.3) is 0 Å². The molecule has 2 N–H and O–H groups in total. The Morgan fingerprint density at radius 3 is 2.09 bits per heavy atom. The van der Waals surface area contributed by atoms with Gasteiger partial charge in [0.2, 0.25) is 0 Å². The van der Waals surface area contributed by atoms with E-state index in [1.807, 2.05) is 12.1 Å². The number of carbonyl (C=O) groups excluding carboxylic acids is 2. The number of nitrogens with one attached hydrogen (secondary N) is 2. The fraction of sp³-hybridized carbons (Fsp3) is 0.176. The van der Waals surface area contributed by atoms with Crippen molar-refractivity contribution >= 4 is 35.0 Å². The molecule has 0 aromatic heterocycles. The number of hydrazine groups is 1. The predicted octanol–water partition coefficient (Wildman–Crippen LogP) is 4.19. The SMILES string of the molecule is CC(C)c1ccc(C(=O)NNC(=O)c2ccc(Cl)cc2Cl)cc1. The van der Waals surface area contributed by atoms with Gasteiger partial charge >= 0.3 is 0 Å². The second kappa shape index (κ2) is 7.49. The highest BCUT2D eigenvalue weighted by Gasteiger charge is 2.12. The second-order valence-electron chi connectivity index (χ2n) is 5.31. The third kappa shape index (κ3) is 4.47. The third-order valence-electron chi connectivity index (χ3n) is 3.30. The van der Waals surface area contributed by atoms with Crippen molar-refractivity contribution in [3.63, 3.8) is 0 Å². The Balaban J connectivity index is 1.99. The number of hydrogen-bond donors (Lipinski definition) is 2. The van der Waals surface area contributed by atoms with Crippen LogP contribution in [0.2, 0.25) is 10.0 Å². The molecular weight excluding hydrogens is 335 g/mol. The molecule has 0 atom stereocenters. The van der Waals surface area contributed by atoms with Crippen LogP contribution in [-0.4, -0.2) is 11.8 Å². The molecule has 0 heterocycles. The molecule has 0 saturated carbocycles. The standard InChI is InChI=1S/C17H16Cl2N2O2/c1-10(2)11-3-5-12(6-4-11)16(22)20-21-17(23)14-8-7-13(18)9-15(14)19/h3-10H,1-2H3,(H,20,22)(H,21,23). The maximum atomic E-state index is 12.0. The van der Waals surface area contributed by atoms with Gasteiger partial charge in [0, 0.05) is 10.6 Å². The lowest BCUT2D eigenvalue weighted by molar-refractivity contribution is 0.0846. The molecule has 2 aromatic rings. The zero-order valence-electron chi connectivity index (χ0n) is 12.7. The van der Waals surface area contributed by atoms with Gasteiger partial charge in [0.25, 0.3) is 11.8 Å². The zero-order valence-corrected chi connectivity index (χ0v) is 14.2. The third-order valence-corrected chi connectivity index (χ3v) is 3.85. The zero-order chi connectivity index (χ0) is 17.0. The van der Waals surface area contributed by atoms with Crippen LogP contribution in [0, 0.1) is 0 Å². The topological polar surface area (TPSA) is 58.2 Å². The molecule has 0 aliphatic rings. The molecule has 0 bridgehead atoms. The highest BCUT2D eigenvalue weighted by Crippen LogP contribution is 2.20. The van der Waals surface area contributed by atoms with Gasteiger partial charge in [-0.05, 0) is 41.8 Å². The van der Waals surface area contributed by atoms with Gasteiger partial charge in [-0.1, -0.05) is 49.2 Å². The molecule has 0 unspecified atom stereocenters. The van der Waals surface area contributed by atoms with E-state index in [2.05, 4.69) is 24.7 Å². The van der Waals surface area contributed by atoms with Crippen LogP contribution in [0.3, 0.4) is 0 Å². The van der Waals surface area contributed by atoms with Gasteiger partial charge in [0.05, 0.1) is 10.6 Å². The summed E-state index contributed by atoms with van der Waals surface area (Å²) in [6, 6.07) is 11.7. The van der Waals surface area contributed by atoms with Gasteiger partial charge in [-0.2, -0.15) is 0 Å². The summed E-state index contributed by atoms with van der Waals surface area (Å²) in [6.45, 7) is 4.15. The van der Waals surface area contributed by atoms with Crippen molar-refractivity contribution in [3.05, 3.63) is 69.2 Å². The van der Waals surface area contributed by atoms with Crippen molar-refractivity contribution in [1.82, 2.24) is 10.9 Å². The molecule has 0 fully saturated rings. The number of amides is 2. The summed E-state index contributed by atoms with van der Waals surface area (Å²) in [5.41, 5.74) is 6.51. The molecule has 4 nitrogen and oxygen atoms in total. The molecule has 2 amide bonds. The Morgan fingerprint density at radius 2 is 1.52 bits per heavy atom. The molecule has 2 rings (SSSR count). The van der Waals surface area contributed by atoms with Crippen LogP contribution in [0.15, 0.2) is 42.5 Å². The average Bonchev–Trinajstić information content (AvgIpc) is 2.52. The van der Waals surface area contributed by atoms with Crippen molar-refractivity contribution in [3.8, 4) is 0 Å². The molecule has 120 valence electrons. The highest BCUT2D eigenvalue weighted by atomic mass is 35.5. The van der Waals surface area contributed by atoms with E-state index in [1.165, 1.54) is 12.1 Å². The first-order valence-electron chi connectivity index (χ1n) is 7.04. The van der Waals surface area contributed by atoms with Crippen molar-refractivity contribution < 1.29 is 9.59 Å².